The summed E-state index contributed by atoms with van der Waals surface area (Å²) < 4.78 is 42.4. The summed E-state index contributed by atoms with van der Waals surface area (Å²) in [5.41, 5.74) is 3.74. The Hall–Kier alpha value is -1.93. The van der Waals surface area contributed by atoms with Crippen LogP contribution in [0.1, 0.15) is 0 Å². The van der Waals surface area contributed by atoms with Gasteiger partial charge in [-0.05, 0) is 36.4 Å². The van der Waals surface area contributed by atoms with E-state index in [9.17, 15) is 17.3 Å². The summed E-state index contributed by atoms with van der Waals surface area (Å²) in [6, 6.07) is 21.4. The summed E-state index contributed by atoms with van der Waals surface area (Å²) in [6.45, 7) is 0. The van der Waals surface area contributed by atoms with Gasteiger partial charge in [0.2, 0.25) is 11.2 Å². The van der Waals surface area contributed by atoms with E-state index in [2.05, 4.69) is 86.4 Å². The average molecular weight is 428 g/mol. The second-order valence-electron chi connectivity index (χ2n) is 5.19. The van der Waals surface area contributed by atoms with Crippen molar-refractivity contribution in [2.24, 2.45) is 0 Å². The predicted molar refractivity (Wildman–Crippen MR) is 98.3 cm³/mol. The van der Waals surface area contributed by atoms with Crippen molar-refractivity contribution in [1.29, 1.82) is 0 Å². The molecule has 2 aromatic heterocycles. The van der Waals surface area contributed by atoms with E-state index in [0.717, 1.165) is 4.47 Å². The normalized spacial score (nSPS) is 11.4. The van der Waals surface area contributed by atoms with Crippen LogP contribution in [0.5, 0.6) is 0 Å². The summed E-state index contributed by atoms with van der Waals surface area (Å²) >= 11 is 5.27. The molecule has 4 aromatic rings. The zero-order valence-corrected chi connectivity index (χ0v) is 15.1. The third kappa shape index (κ3) is 4.38. The second kappa shape index (κ2) is 7.13. The molecule has 0 aliphatic carbocycles. The fourth-order valence-corrected chi connectivity index (χ4v) is 3.70. The molecule has 0 fully saturated rings. The van der Waals surface area contributed by atoms with E-state index in [1.165, 1.54) is 27.0 Å². The quantitative estimate of drug-likeness (QED) is 0.189. The Morgan fingerprint density at radius 1 is 0.840 bits per heavy atom. The van der Waals surface area contributed by atoms with Crippen molar-refractivity contribution in [3.05, 3.63) is 70.5 Å². The van der Waals surface area contributed by atoms with Crippen LogP contribution in [-0.2, 0) is 0 Å². The molecule has 8 heteroatoms. The molecule has 0 N–H and O–H groups in total. The number of halogens is 5. The molecule has 0 radical (unpaired) electrons. The van der Waals surface area contributed by atoms with Crippen molar-refractivity contribution in [3.8, 4) is 11.3 Å². The Morgan fingerprint density at radius 3 is 2.16 bits per heavy atom. The van der Waals surface area contributed by atoms with Gasteiger partial charge in [0.25, 0.3) is 4.83 Å². The maximum Gasteiger partial charge on any atom is 0.673 e. The van der Waals surface area contributed by atoms with Gasteiger partial charge in [-0.3, -0.25) is 0 Å². The zero-order valence-electron chi connectivity index (χ0n) is 12.7. The first-order chi connectivity index (χ1) is 11.8. The number of thiazole rings is 1. The molecule has 0 saturated heterocycles. The molecule has 25 heavy (non-hydrogen) atoms. The van der Waals surface area contributed by atoms with Crippen LogP contribution in [0.15, 0.2) is 70.5 Å². The van der Waals surface area contributed by atoms with Crippen molar-refractivity contribution in [2.75, 3.05) is 0 Å². The van der Waals surface area contributed by atoms with Gasteiger partial charge >= 0.3 is 7.25 Å². The Balaban J connectivity index is 0.000000324. The van der Waals surface area contributed by atoms with Crippen molar-refractivity contribution in [3.63, 3.8) is 0 Å². The minimum atomic E-state index is -6.00. The average Bonchev–Trinajstić information content (AvgIpc) is 2.98. The summed E-state index contributed by atoms with van der Waals surface area (Å²) in [7, 11) is -6.00. The molecular formula is C17H11BBrF4NS. The number of rotatable bonds is 1. The lowest BCUT2D eigenvalue weighted by Crippen LogP contribution is -2.22. The standard InChI is InChI=1S/C17H11BrNS.BF4/c18-14-8-5-13(6-9-14)16-11-20-17-10-7-12-3-1-2-4-15(12)19(16)17;2-1(3,4)5/h1-11H;/q+1;-1. The fraction of sp³-hybridized carbons (Fsp3) is 0. The van der Waals surface area contributed by atoms with Crippen LogP contribution in [0.2, 0.25) is 0 Å². The van der Waals surface area contributed by atoms with Gasteiger partial charge in [-0.2, -0.15) is 0 Å². The lowest BCUT2D eigenvalue weighted by molar-refractivity contribution is -0.464. The lowest BCUT2D eigenvalue weighted by atomic mass is 10.1. The van der Waals surface area contributed by atoms with E-state index < -0.39 is 7.25 Å². The van der Waals surface area contributed by atoms with Crippen LogP contribution in [-0.4, -0.2) is 7.25 Å². The van der Waals surface area contributed by atoms with Crippen molar-refractivity contribution in [2.45, 2.75) is 0 Å². The Labute approximate surface area is 153 Å². The van der Waals surface area contributed by atoms with E-state index in [1.54, 1.807) is 11.3 Å². The maximum atomic E-state index is 9.75. The zero-order chi connectivity index (χ0) is 18.0. The first-order valence-corrected chi connectivity index (χ1v) is 8.94. The SMILES string of the molecule is Brc1ccc(-c2csc3ccc4ccccc4[n+]23)cc1.F[B-](F)(F)F. The summed E-state index contributed by atoms with van der Waals surface area (Å²) in [6.07, 6.45) is 0. The first kappa shape index (κ1) is 17.9. The topological polar surface area (TPSA) is 4.10 Å². The predicted octanol–water partition coefficient (Wildman–Crippen LogP) is 6.37. The van der Waals surface area contributed by atoms with Crippen molar-refractivity contribution >= 4 is 50.3 Å². The fourth-order valence-electron chi connectivity index (χ4n) is 2.51. The van der Waals surface area contributed by atoms with Gasteiger partial charge in [0.15, 0.2) is 0 Å². The molecule has 0 atom stereocenters. The van der Waals surface area contributed by atoms with E-state index in [1.807, 2.05) is 0 Å². The smallest absolute Gasteiger partial charge is 0.418 e. The van der Waals surface area contributed by atoms with Crippen LogP contribution in [0.4, 0.5) is 17.3 Å². The number of hydrogen-bond acceptors (Lipinski definition) is 1. The van der Waals surface area contributed by atoms with E-state index in [0.29, 0.717) is 0 Å². The van der Waals surface area contributed by atoms with Gasteiger partial charge in [-0.15, -0.1) is 4.40 Å². The maximum absolute atomic E-state index is 9.75. The highest BCUT2D eigenvalue weighted by Gasteiger charge is 2.20. The first-order valence-electron chi connectivity index (χ1n) is 7.27. The van der Waals surface area contributed by atoms with Gasteiger partial charge in [0.05, 0.1) is 5.38 Å². The van der Waals surface area contributed by atoms with Crippen LogP contribution >= 0.6 is 27.3 Å². The molecule has 0 bridgehead atoms. The molecule has 128 valence electrons. The molecule has 0 amide bonds. The highest BCUT2D eigenvalue weighted by molar-refractivity contribution is 9.10. The molecule has 1 nitrogen and oxygen atoms in total. The van der Waals surface area contributed by atoms with E-state index in [4.69, 9.17) is 0 Å². The largest absolute Gasteiger partial charge is 0.673 e. The Bertz CT molecular complexity index is 1010. The van der Waals surface area contributed by atoms with E-state index in [-0.39, 0.29) is 0 Å². The summed E-state index contributed by atoms with van der Waals surface area (Å²) in [5, 5.41) is 3.49. The number of aromatic nitrogens is 1. The molecule has 4 rings (SSSR count). The highest BCUT2D eigenvalue weighted by atomic mass is 79.9. The molecule has 2 heterocycles. The number of pyridine rings is 1. The monoisotopic (exact) mass is 427 g/mol. The number of benzene rings is 2. The number of hydrogen-bond donors (Lipinski definition) is 0. The minimum absolute atomic E-state index is 1.11. The number of fused-ring (bicyclic) bond motifs is 3. The van der Waals surface area contributed by atoms with Gasteiger partial charge in [0, 0.05) is 27.6 Å². The summed E-state index contributed by atoms with van der Waals surface area (Å²) in [4.78, 5) is 1.27. The molecular weight excluding hydrogens is 417 g/mol. The van der Waals surface area contributed by atoms with Gasteiger partial charge < -0.3 is 17.3 Å². The molecule has 0 aliphatic rings. The Kier molecular flexibility index (Phi) is 5.10. The lowest BCUT2D eigenvalue weighted by Gasteiger charge is -1.98. The molecule has 0 saturated carbocycles. The van der Waals surface area contributed by atoms with Crippen LogP contribution < -0.4 is 4.40 Å². The summed E-state index contributed by atoms with van der Waals surface area (Å²) in [5.74, 6) is 0. The Morgan fingerprint density at radius 2 is 1.48 bits per heavy atom. The van der Waals surface area contributed by atoms with Gasteiger partial charge in [0.1, 0.15) is 0 Å². The van der Waals surface area contributed by atoms with Crippen LogP contribution in [0.25, 0.3) is 27.0 Å². The number of nitrogens with zero attached hydrogens (tertiary/aromatic N) is 1. The van der Waals surface area contributed by atoms with Gasteiger partial charge in [-0.1, -0.05) is 39.4 Å². The van der Waals surface area contributed by atoms with Crippen molar-refractivity contribution < 1.29 is 21.7 Å². The van der Waals surface area contributed by atoms with Crippen LogP contribution in [0.3, 0.4) is 0 Å². The molecule has 2 aromatic carbocycles. The highest BCUT2D eigenvalue weighted by Crippen LogP contribution is 2.25. The molecule has 0 aliphatic heterocycles. The van der Waals surface area contributed by atoms with Crippen molar-refractivity contribution in [1.82, 2.24) is 0 Å². The third-order valence-corrected chi connectivity index (χ3v) is 4.91. The molecule has 0 spiro atoms. The number of para-hydroxylation sites is 1. The minimum Gasteiger partial charge on any atom is -0.418 e. The third-order valence-electron chi connectivity index (χ3n) is 3.48. The molecule has 0 unspecified atom stereocenters. The van der Waals surface area contributed by atoms with Crippen LogP contribution in [0, 0.1) is 0 Å². The second-order valence-corrected chi connectivity index (χ2v) is 6.99. The van der Waals surface area contributed by atoms with E-state index >= 15 is 0 Å². The van der Waals surface area contributed by atoms with Gasteiger partial charge in [-0.25, -0.2) is 0 Å².